The molecule has 102 valence electrons. The van der Waals surface area contributed by atoms with Crippen LogP contribution in [0.4, 0.5) is 0 Å². The number of oxime groups is 1. The molecule has 1 aliphatic rings. The van der Waals surface area contributed by atoms with Gasteiger partial charge in [0.25, 0.3) is 0 Å². The van der Waals surface area contributed by atoms with Crippen LogP contribution in [-0.4, -0.2) is 24.6 Å². The molecule has 0 heterocycles. The van der Waals surface area contributed by atoms with Gasteiger partial charge in [0.2, 0.25) is 0 Å². The topological polar surface area (TPSA) is 66.7 Å². The highest BCUT2D eigenvalue weighted by molar-refractivity contribution is 7.92. The number of hydrogen-bond acceptors (Lipinski definition) is 4. The molecule has 0 spiro atoms. The second kappa shape index (κ2) is 6.02. The van der Waals surface area contributed by atoms with Gasteiger partial charge < -0.3 is 5.21 Å². The average molecular weight is 279 g/mol. The summed E-state index contributed by atoms with van der Waals surface area (Å²) in [5.74, 6) is 0. The molecule has 1 atom stereocenters. The molecule has 5 heteroatoms. The summed E-state index contributed by atoms with van der Waals surface area (Å²) in [5, 5.41) is 11.6. The lowest BCUT2D eigenvalue weighted by Gasteiger charge is -2.19. The van der Waals surface area contributed by atoms with Gasteiger partial charge in [-0.25, -0.2) is 8.42 Å². The molecule has 0 saturated heterocycles. The normalized spacial score (nSPS) is 24.6. The fourth-order valence-corrected chi connectivity index (χ4v) is 4.10. The molecule has 2 rings (SSSR count). The fraction of sp³-hybridized carbons (Fsp3) is 0.357. The summed E-state index contributed by atoms with van der Waals surface area (Å²) in [4.78, 5) is 0.283. The van der Waals surface area contributed by atoms with Gasteiger partial charge in [-0.3, -0.25) is 0 Å². The highest BCUT2D eigenvalue weighted by Crippen LogP contribution is 2.24. The van der Waals surface area contributed by atoms with Crippen molar-refractivity contribution in [1.29, 1.82) is 0 Å². The number of allylic oxidation sites excluding steroid dienone is 2. The van der Waals surface area contributed by atoms with Crippen LogP contribution in [-0.2, 0) is 9.84 Å². The lowest BCUT2D eigenvalue weighted by molar-refractivity contribution is 0.316. The molecule has 4 nitrogen and oxygen atoms in total. The molecule has 0 bridgehead atoms. The molecular formula is C14H17NO3S. The number of sulfone groups is 1. The Kier molecular flexibility index (Phi) is 4.37. The van der Waals surface area contributed by atoms with Crippen LogP contribution in [0.25, 0.3) is 0 Å². The maximum Gasteiger partial charge on any atom is 0.186 e. The number of benzene rings is 1. The summed E-state index contributed by atoms with van der Waals surface area (Å²) in [7, 11) is -3.49. The van der Waals surface area contributed by atoms with Crippen LogP contribution in [0.15, 0.2) is 52.5 Å². The Morgan fingerprint density at radius 3 is 2.47 bits per heavy atom. The van der Waals surface area contributed by atoms with Crippen LogP contribution < -0.4 is 0 Å². The molecule has 1 aromatic carbocycles. The van der Waals surface area contributed by atoms with Crippen molar-refractivity contribution in [3.8, 4) is 0 Å². The molecule has 0 aromatic heterocycles. The minimum atomic E-state index is -3.49. The summed E-state index contributed by atoms with van der Waals surface area (Å²) in [6.07, 6.45) is 6.30. The smallest absolute Gasteiger partial charge is 0.186 e. The number of nitrogens with zero attached hydrogens (tertiary/aromatic N) is 1. The van der Waals surface area contributed by atoms with E-state index in [1.54, 1.807) is 30.3 Å². The first-order valence-corrected chi connectivity index (χ1v) is 7.85. The largest absolute Gasteiger partial charge is 0.411 e. The van der Waals surface area contributed by atoms with E-state index >= 15 is 0 Å². The monoisotopic (exact) mass is 279 g/mol. The molecule has 0 fully saturated rings. The third-order valence-corrected chi connectivity index (χ3v) is 5.46. The van der Waals surface area contributed by atoms with Gasteiger partial charge in [-0.05, 0) is 37.8 Å². The third kappa shape index (κ3) is 3.04. The molecule has 1 aliphatic carbocycles. The molecule has 0 amide bonds. The Hall–Kier alpha value is -1.62. The molecular weight excluding hydrogens is 262 g/mol. The van der Waals surface area contributed by atoms with Crippen molar-refractivity contribution in [1.82, 2.24) is 0 Å². The summed E-state index contributed by atoms with van der Waals surface area (Å²) >= 11 is 0. The zero-order valence-electron chi connectivity index (χ0n) is 10.6. The van der Waals surface area contributed by atoms with Crippen molar-refractivity contribution >= 4 is 15.5 Å². The van der Waals surface area contributed by atoms with Gasteiger partial charge in [0, 0.05) is 0 Å². The van der Waals surface area contributed by atoms with E-state index in [-0.39, 0.29) is 4.90 Å². The Morgan fingerprint density at radius 1 is 1.11 bits per heavy atom. The fourth-order valence-electron chi connectivity index (χ4n) is 2.27. The first-order chi connectivity index (χ1) is 9.16. The molecule has 1 N–H and O–H groups in total. The number of rotatable bonds is 2. The SMILES string of the molecule is O=S(=O)(c1ccccc1)C1CC/C=C\CC/C1=N\O. The van der Waals surface area contributed by atoms with Crippen LogP contribution in [0.2, 0.25) is 0 Å². The predicted molar refractivity (Wildman–Crippen MR) is 74.2 cm³/mol. The summed E-state index contributed by atoms with van der Waals surface area (Å²) in [6, 6.07) is 8.34. The first-order valence-electron chi connectivity index (χ1n) is 6.31. The van der Waals surface area contributed by atoms with Crippen LogP contribution >= 0.6 is 0 Å². The lowest BCUT2D eigenvalue weighted by Crippen LogP contribution is -2.31. The summed E-state index contributed by atoms with van der Waals surface area (Å²) < 4.78 is 25.2. The van der Waals surface area contributed by atoms with E-state index in [2.05, 4.69) is 5.16 Å². The van der Waals surface area contributed by atoms with Crippen molar-refractivity contribution in [3.63, 3.8) is 0 Å². The predicted octanol–water partition coefficient (Wildman–Crippen LogP) is 2.79. The molecule has 0 aliphatic heterocycles. The van der Waals surface area contributed by atoms with Crippen molar-refractivity contribution in [2.75, 3.05) is 0 Å². The quantitative estimate of drug-likeness (QED) is 0.514. The zero-order chi connectivity index (χ0) is 13.7. The van der Waals surface area contributed by atoms with E-state index in [0.717, 1.165) is 0 Å². The van der Waals surface area contributed by atoms with Crippen molar-refractivity contribution in [3.05, 3.63) is 42.5 Å². The maximum atomic E-state index is 12.6. The van der Waals surface area contributed by atoms with Crippen LogP contribution in [0, 0.1) is 0 Å². The van der Waals surface area contributed by atoms with Gasteiger partial charge in [-0.1, -0.05) is 35.5 Å². The van der Waals surface area contributed by atoms with E-state index < -0.39 is 15.1 Å². The Balaban J connectivity index is 2.39. The van der Waals surface area contributed by atoms with Gasteiger partial charge in [0.1, 0.15) is 5.25 Å². The summed E-state index contributed by atoms with van der Waals surface area (Å²) in [5.41, 5.74) is 0.355. The number of hydrogen-bond donors (Lipinski definition) is 1. The Bertz CT molecular complexity index is 576. The van der Waals surface area contributed by atoms with Gasteiger partial charge in [-0.15, -0.1) is 0 Å². The van der Waals surface area contributed by atoms with Gasteiger partial charge in [0.05, 0.1) is 10.6 Å². The average Bonchev–Trinajstić information content (AvgIpc) is 2.39. The highest BCUT2D eigenvalue weighted by Gasteiger charge is 2.31. The highest BCUT2D eigenvalue weighted by atomic mass is 32.2. The molecule has 1 aromatic rings. The second-order valence-corrected chi connectivity index (χ2v) is 6.66. The van der Waals surface area contributed by atoms with Gasteiger partial charge in [0.15, 0.2) is 9.84 Å². The van der Waals surface area contributed by atoms with Gasteiger partial charge >= 0.3 is 0 Å². The van der Waals surface area contributed by atoms with Crippen LogP contribution in [0.1, 0.15) is 25.7 Å². The van der Waals surface area contributed by atoms with E-state index in [4.69, 9.17) is 5.21 Å². The van der Waals surface area contributed by atoms with Gasteiger partial charge in [-0.2, -0.15) is 0 Å². The van der Waals surface area contributed by atoms with E-state index in [9.17, 15) is 8.42 Å². The van der Waals surface area contributed by atoms with Crippen molar-refractivity contribution < 1.29 is 13.6 Å². The first kappa shape index (κ1) is 13.8. The minimum Gasteiger partial charge on any atom is -0.411 e. The molecule has 0 saturated carbocycles. The molecule has 19 heavy (non-hydrogen) atoms. The van der Waals surface area contributed by atoms with Crippen molar-refractivity contribution in [2.24, 2.45) is 5.16 Å². The summed E-state index contributed by atoms with van der Waals surface area (Å²) in [6.45, 7) is 0. The van der Waals surface area contributed by atoms with Crippen LogP contribution in [0.3, 0.4) is 0 Å². The lowest BCUT2D eigenvalue weighted by atomic mass is 10.0. The third-order valence-electron chi connectivity index (χ3n) is 3.28. The second-order valence-electron chi connectivity index (χ2n) is 4.53. The zero-order valence-corrected chi connectivity index (χ0v) is 11.4. The minimum absolute atomic E-state index is 0.283. The Morgan fingerprint density at radius 2 is 1.79 bits per heavy atom. The maximum absolute atomic E-state index is 12.6. The van der Waals surface area contributed by atoms with E-state index in [1.165, 1.54) is 0 Å². The molecule has 1 unspecified atom stereocenters. The standard InChI is InChI=1S/C14H17NO3S/c16-15-13-10-6-1-2-7-11-14(13)19(17,18)12-8-4-3-5-9-12/h1-5,8-9,14,16H,6-7,10-11H2/b2-1-,15-13+. The Labute approximate surface area is 113 Å². The van der Waals surface area contributed by atoms with Crippen molar-refractivity contribution in [2.45, 2.75) is 35.8 Å². The van der Waals surface area contributed by atoms with E-state index in [0.29, 0.717) is 31.4 Å². The van der Waals surface area contributed by atoms with Crippen LogP contribution in [0.5, 0.6) is 0 Å². The van der Waals surface area contributed by atoms with E-state index in [1.807, 2.05) is 12.2 Å². The molecule has 0 radical (unpaired) electrons.